The van der Waals surface area contributed by atoms with Crippen LogP contribution in [0, 0.1) is 12.8 Å². The monoisotopic (exact) mass is 324 g/mol. The van der Waals surface area contributed by atoms with Gasteiger partial charge in [-0.05, 0) is 56.8 Å². The molecule has 0 aliphatic carbocycles. The van der Waals surface area contributed by atoms with E-state index in [1.807, 2.05) is 13.0 Å². The van der Waals surface area contributed by atoms with E-state index in [2.05, 4.69) is 24.1 Å². The maximum absolute atomic E-state index is 12.1. The molecular weight excluding hydrogens is 296 g/mol. The van der Waals surface area contributed by atoms with E-state index < -0.39 is 6.10 Å². The van der Waals surface area contributed by atoms with Crippen LogP contribution in [0.15, 0.2) is 6.07 Å². The lowest BCUT2D eigenvalue weighted by atomic mass is 9.99. The Hall–Kier alpha value is -0.910. The highest BCUT2D eigenvalue weighted by atomic mass is 32.1. The molecular formula is C17H28N2O2S. The summed E-state index contributed by atoms with van der Waals surface area (Å²) in [4.78, 5) is 16.4. The molecule has 1 atom stereocenters. The highest BCUT2D eigenvalue weighted by Crippen LogP contribution is 2.22. The van der Waals surface area contributed by atoms with Gasteiger partial charge < -0.3 is 15.3 Å². The highest BCUT2D eigenvalue weighted by Gasteiger charge is 2.19. The van der Waals surface area contributed by atoms with Crippen LogP contribution < -0.4 is 5.32 Å². The fourth-order valence-electron chi connectivity index (χ4n) is 2.89. The Balaban J connectivity index is 1.75. The average molecular weight is 324 g/mol. The van der Waals surface area contributed by atoms with Crippen LogP contribution in [0.25, 0.3) is 0 Å². The Labute approximate surface area is 137 Å². The number of amides is 1. The van der Waals surface area contributed by atoms with Gasteiger partial charge in [0.25, 0.3) is 5.91 Å². The molecule has 124 valence electrons. The van der Waals surface area contributed by atoms with Gasteiger partial charge in [0.05, 0.1) is 11.0 Å². The van der Waals surface area contributed by atoms with Crippen LogP contribution in [-0.2, 0) is 6.42 Å². The minimum Gasteiger partial charge on any atom is -0.390 e. The largest absolute Gasteiger partial charge is 0.390 e. The van der Waals surface area contributed by atoms with Crippen molar-refractivity contribution in [3.8, 4) is 0 Å². The number of piperidine rings is 1. The lowest BCUT2D eigenvalue weighted by molar-refractivity contribution is 0.0797. The lowest BCUT2D eigenvalue weighted by Gasteiger charge is -2.31. The van der Waals surface area contributed by atoms with Crippen LogP contribution in [0.5, 0.6) is 0 Å². The number of likely N-dealkylation sites (tertiary alicyclic amines) is 1. The Kier molecular flexibility index (Phi) is 6.41. The number of hydrogen-bond acceptors (Lipinski definition) is 4. The maximum Gasteiger partial charge on any atom is 0.261 e. The van der Waals surface area contributed by atoms with Gasteiger partial charge in [0, 0.05) is 18.0 Å². The Bertz CT molecular complexity index is 493. The van der Waals surface area contributed by atoms with Gasteiger partial charge in [0.2, 0.25) is 0 Å². The van der Waals surface area contributed by atoms with E-state index in [1.54, 1.807) is 11.3 Å². The molecule has 2 heterocycles. The first-order valence-electron chi connectivity index (χ1n) is 8.27. The number of thiophene rings is 1. The smallest absolute Gasteiger partial charge is 0.261 e. The first-order valence-corrected chi connectivity index (χ1v) is 9.09. The number of carbonyl (C=O) groups excluding carboxylic acids is 1. The number of β-amino-alcohol motifs (C(OH)–C–C–N with tert-alkyl or cyclic N) is 1. The summed E-state index contributed by atoms with van der Waals surface area (Å²) in [5, 5.41) is 13.0. The molecule has 0 bridgehead atoms. The third-order valence-electron chi connectivity index (χ3n) is 4.41. The fraction of sp³-hybridized carbons (Fsp3) is 0.706. The summed E-state index contributed by atoms with van der Waals surface area (Å²) in [7, 11) is 0. The first-order chi connectivity index (χ1) is 10.5. The minimum atomic E-state index is -0.496. The van der Waals surface area contributed by atoms with E-state index in [-0.39, 0.29) is 5.91 Å². The molecule has 0 saturated carbocycles. The van der Waals surface area contributed by atoms with Crippen molar-refractivity contribution in [1.82, 2.24) is 10.2 Å². The van der Waals surface area contributed by atoms with Crippen LogP contribution in [0.4, 0.5) is 0 Å². The molecule has 2 N–H and O–H groups in total. The molecule has 1 aliphatic heterocycles. The molecule has 0 aromatic carbocycles. The van der Waals surface area contributed by atoms with Crippen molar-refractivity contribution in [2.75, 3.05) is 26.2 Å². The van der Waals surface area contributed by atoms with E-state index in [1.165, 1.54) is 23.3 Å². The summed E-state index contributed by atoms with van der Waals surface area (Å²) in [5.74, 6) is 0.724. The van der Waals surface area contributed by atoms with E-state index in [4.69, 9.17) is 0 Å². The molecule has 4 nitrogen and oxygen atoms in total. The van der Waals surface area contributed by atoms with Crippen molar-refractivity contribution in [3.05, 3.63) is 21.4 Å². The summed E-state index contributed by atoms with van der Waals surface area (Å²) in [6, 6.07) is 1.94. The number of carbonyl (C=O) groups is 1. The molecule has 1 aromatic heterocycles. The standard InChI is InChI=1S/C17H28N2O2S/c1-4-15-13(3)9-16(22-15)17(21)18-10-14(20)11-19-7-5-12(2)6-8-19/h9,12,14,20H,4-8,10-11H2,1-3H3,(H,18,21). The number of aryl methyl sites for hydroxylation is 2. The molecule has 1 amide bonds. The minimum absolute atomic E-state index is 0.0703. The predicted molar refractivity (Wildman–Crippen MR) is 91.6 cm³/mol. The molecule has 1 fully saturated rings. The van der Waals surface area contributed by atoms with Gasteiger partial charge in [-0.25, -0.2) is 0 Å². The summed E-state index contributed by atoms with van der Waals surface area (Å²) < 4.78 is 0. The third-order valence-corrected chi connectivity index (χ3v) is 5.79. The Morgan fingerprint density at radius 1 is 1.50 bits per heavy atom. The van der Waals surface area contributed by atoms with E-state index in [0.717, 1.165) is 30.3 Å². The van der Waals surface area contributed by atoms with Gasteiger partial charge in [0.15, 0.2) is 0 Å². The second-order valence-corrected chi connectivity index (χ2v) is 7.55. The topological polar surface area (TPSA) is 52.6 Å². The second kappa shape index (κ2) is 8.09. The SMILES string of the molecule is CCc1sc(C(=O)NCC(O)CN2CCC(C)CC2)cc1C. The summed E-state index contributed by atoms with van der Waals surface area (Å²) in [6.45, 7) is 9.50. The van der Waals surface area contributed by atoms with Crippen LogP contribution in [0.3, 0.4) is 0 Å². The van der Waals surface area contributed by atoms with Crippen molar-refractivity contribution >= 4 is 17.2 Å². The number of rotatable bonds is 6. The summed E-state index contributed by atoms with van der Waals surface area (Å²) in [5.41, 5.74) is 1.18. The molecule has 5 heteroatoms. The molecule has 1 aliphatic rings. The maximum atomic E-state index is 12.1. The van der Waals surface area contributed by atoms with Crippen LogP contribution in [0.2, 0.25) is 0 Å². The molecule has 0 spiro atoms. The van der Waals surface area contributed by atoms with Crippen molar-refractivity contribution in [2.24, 2.45) is 5.92 Å². The average Bonchev–Trinajstić information content (AvgIpc) is 2.88. The van der Waals surface area contributed by atoms with Crippen LogP contribution in [-0.4, -0.2) is 48.2 Å². The number of aliphatic hydroxyl groups is 1. The van der Waals surface area contributed by atoms with Gasteiger partial charge in [-0.2, -0.15) is 0 Å². The van der Waals surface area contributed by atoms with Gasteiger partial charge >= 0.3 is 0 Å². The molecule has 22 heavy (non-hydrogen) atoms. The van der Waals surface area contributed by atoms with Gasteiger partial charge in [0.1, 0.15) is 0 Å². The van der Waals surface area contributed by atoms with Crippen molar-refractivity contribution < 1.29 is 9.90 Å². The Morgan fingerprint density at radius 2 is 2.18 bits per heavy atom. The second-order valence-electron chi connectivity index (χ2n) is 6.42. The van der Waals surface area contributed by atoms with Crippen molar-refractivity contribution in [3.63, 3.8) is 0 Å². The molecule has 1 unspecified atom stereocenters. The number of hydrogen-bond donors (Lipinski definition) is 2. The number of nitrogens with one attached hydrogen (secondary N) is 1. The summed E-state index contributed by atoms with van der Waals surface area (Å²) >= 11 is 1.55. The van der Waals surface area contributed by atoms with Crippen molar-refractivity contribution in [1.29, 1.82) is 0 Å². The molecule has 2 rings (SSSR count). The lowest BCUT2D eigenvalue weighted by Crippen LogP contribution is -2.42. The van der Waals surface area contributed by atoms with Gasteiger partial charge in [-0.1, -0.05) is 13.8 Å². The predicted octanol–water partition coefficient (Wildman–Crippen LogP) is 2.44. The fourth-order valence-corrected chi connectivity index (χ4v) is 3.92. The molecule has 1 saturated heterocycles. The zero-order valence-corrected chi connectivity index (χ0v) is 14.7. The zero-order valence-electron chi connectivity index (χ0n) is 13.9. The molecule has 0 radical (unpaired) electrons. The molecule has 1 aromatic rings. The Morgan fingerprint density at radius 3 is 2.77 bits per heavy atom. The number of aliphatic hydroxyl groups excluding tert-OH is 1. The van der Waals surface area contributed by atoms with E-state index in [0.29, 0.717) is 13.1 Å². The third kappa shape index (κ3) is 4.80. The summed E-state index contributed by atoms with van der Waals surface area (Å²) in [6.07, 6.45) is 2.87. The van der Waals surface area contributed by atoms with Crippen molar-refractivity contribution in [2.45, 2.75) is 46.1 Å². The number of nitrogens with zero attached hydrogens (tertiary/aromatic N) is 1. The van der Waals surface area contributed by atoms with Crippen LogP contribution in [0.1, 0.15) is 46.8 Å². The zero-order chi connectivity index (χ0) is 16.1. The van der Waals surface area contributed by atoms with E-state index >= 15 is 0 Å². The van der Waals surface area contributed by atoms with E-state index in [9.17, 15) is 9.90 Å². The first kappa shape index (κ1) is 17.4. The van der Waals surface area contributed by atoms with Gasteiger partial charge in [-0.15, -0.1) is 11.3 Å². The highest BCUT2D eigenvalue weighted by molar-refractivity contribution is 7.14. The normalized spacial score (nSPS) is 18.4. The van der Waals surface area contributed by atoms with Gasteiger partial charge in [-0.3, -0.25) is 4.79 Å². The quantitative estimate of drug-likeness (QED) is 0.845. The van der Waals surface area contributed by atoms with Crippen LogP contribution >= 0.6 is 11.3 Å².